The Morgan fingerprint density at radius 3 is 2.41 bits per heavy atom. The topological polar surface area (TPSA) is 129 Å². The van der Waals surface area contributed by atoms with E-state index in [-0.39, 0.29) is 22.8 Å². The van der Waals surface area contributed by atoms with E-state index < -0.39 is 11.8 Å². The minimum atomic E-state index is -0.670. The number of ether oxygens (including phenoxy) is 2. The molecule has 4 aromatic rings. The molecule has 202 valence electrons. The number of urea groups is 1. The van der Waals surface area contributed by atoms with Gasteiger partial charge in [-0.1, -0.05) is 20.8 Å². The van der Waals surface area contributed by atoms with Crippen molar-refractivity contribution in [3.63, 3.8) is 0 Å². The summed E-state index contributed by atoms with van der Waals surface area (Å²) in [6.07, 6.45) is 3.28. The number of hydrogen-bond donors (Lipinski definition) is 3. The van der Waals surface area contributed by atoms with E-state index in [1.54, 1.807) is 36.1 Å². The largest absolute Gasteiger partial charge is 0.497 e. The lowest BCUT2D eigenvalue weighted by Crippen LogP contribution is -2.22. The summed E-state index contributed by atoms with van der Waals surface area (Å²) in [5.74, 6) is 1.61. The molecule has 2 heterocycles. The molecule has 2 aromatic carbocycles. The van der Waals surface area contributed by atoms with Crippen molar-refractivity contribution in [2.75, 3.05) is 23.5 Å². The Bertz CT molecular complexity index is 1510. The number of rotatable bonds is 7. The molecular weight excluding hydrogens is 501 g/mol. The summed E-state index contributed by atoms with van der Waals surface area (Å²) in [4.78, 5) is 21.1. The van der Waals surface area contributed by atoms with Gasteiger partial charge < -0.3 is 20.5 Å². The van der Waals surface area contributed by atoms with E-state index in [4.69, 9.17) is 15.2 Å². The van der Waals surface area contributed by atoms with Gasteiger partial charge in [0.15, 0.2) is 0 Å². The number of hydrogen-bond acceptors (Lipinski definition) is 7. The highest BCUT2D eigenvalue weighted by Crippen LogP contribution is 2.46. The quantitative estimate of drug-likeness (QED) is 0.267. The molecule has 1 fully saturated rings. The molecule has 0 radical (unpaired) electrons. The van der Waals surface area contributed by atoms with Crippen LogP contribution in [0.15, 0.2) is 54.9 Å². The Labute approximate surface area is 225 Å². The van der Waals surface area contributed by atoms with Gasteiger partial charge in [0.05, 0.1) is 29.7 Å². The van der Waals surface area contributed by atoms with Crippen molar-refractivity contribution < 1.29 is 18.7 Å². The second kappa shape index (κ2) is 10.2. The van der Waals surface area contributed by atoms with Gasteiger partial charge in [-0.25, -0.2) is 23.8 Å². The molecule has 5 rings (SSSR count). The van der Waals surface area contributed by atoms with Crippen LogP contribution < -0.4 is 25.8 Å². The molecule has 2 amide bonds. The Kier molecular flexibility index (Phi) is 6.81. The number of amides is 2. The molecule has 0 bridgehead atoms. The van der Waals surface area contributed by atoms with Crippen molar-refractivity contribution in [2.24, 2.45) is 0 Å². The second-order valence-electron chi connectivity index (χ2n) is 10.3. The SMILES string of the molecule is COc1ccc(-n2nc(C(C)(C)C)cc2NC(=O)Nc2ccc(Oc3ncnc(N)c3C3CC3)cc2F)cc1. The highest BCUT2D eigenvalue weighted by molar-refractivity contribution is 5.99. The average Bonchev–Trinajstić information content (AvgIpc) is 3.63. The Morgan fingerprint density at radius 2 is 1.77 bits per heavy atom. The standard InChI is InChI=1S/C28H30FN7O3/c1-28(2,3)22-14-23(36(35-22)17-7-9-18(38-4)10-8-17)34-27(37)33-21-12-11-19(13-20(21)29)39-26-24(16-5-6-16)25(30)31-15-32-26/h7-16H,5-6H2,1-4H3,(H2,30,31,32)(H2,33,34,37). The van der Waals surface area contributed by atoms with E-state index >= 15 is 0 Å². The molecular formula is C28H30FN7O3. The third-order valence-corrected chi connectivity index (χ3v) is 6.30. The summed E-state index contributed by atoms with van der Waals surface area (Å²) in [6, 6.07) is 12.6. The van der Waals surface area contributed by atoms with Crippen LogP contribution in [0.2, 0.25) is 0 Å². The van der Waals surface area contributed by atoms with Crippen molar-refractivity contribution in [1.82, 2.24) is 19.7 Å². The van der Waals surface area contributed by atoms with E-state index in [0.717, 1.165) is 29.8 Å². The molecule has 1 saturated carbocycles. The lowest BCUT2D eigenvalue weighted by atomic mass is 9.92. The summed E-state index contributed by atoms with van der Waals surface area (Å²) >= 11 is 0. The Hall–Kier alpha value is -4.67. The zero-order valence-corrected chi connectivity index (χ0v) is 22.2. The van der Waals surface area contributed by atoms with Gasteiger partial charge in [-0.15, -0.1) is 0 Å². The van der Waals surface area contributed by atoms with Gasteiger partial charge in [-0.05, 0) is 55.2 Å². The number of nitrogens with two attached hydrogens (primary N) is 1. The fourth-order valence-corrected chi connectivity index (χ4v) is 4.03. The molecule has 0 atom stereocenters. The number of nitrogen functional groups attached to an aromatic ring is 1. The zero-order valence-electron chi connectivity index (χ0n) is 22.2. The second-order valence-corrected chi connectivity index (χ2v) is 10.3. The lowest BCUT2D eigenvalue weighted by Gasteiger charge is -2.14. The van der Waals surface area contributed by atoms with Gasteiger partial charge >= 0.3 is 6.03 Å². The number of methoxy groups -OCH3 is 1. The summed E-state index contributed by atoms with van der Waals surface area (Å²) in [6.45, 7) is 6.08. The number of carbonyl (C=O) groups is 1. The van der Waals surface area contributed by atoms with Crippen LogP contribution in [0.4, 0.5) is 26.5 Å². The van der Waals surface area contributed by atoms with Gasteiger partial charge in [-0.2, -0.15) is 5.10 Å². The number of benzene rings is 2. The van der Waals surface area contributed by atoms with Crippen molar-refractivity contribution in [3.05, 3.63) is 71.9 Å². The van der Waals surface area contributed by atoms with Crippen LogP contribution in [0, 0.1) is 5.82 Å². The smallest absolute Gasteiger partial charge is 0.324 e. The number of nitrogens with one attached hydrogen (secondary N) is 2. The predicted molar refractivity (Wildman–Crippen MR) is 146 cm³/mol. The molecule has 0 spiro atoms. The monoisotopic (exact) mass is 531 g/mol. The summed E-state index contributed by atoms with van der Waals surface area (Å²) < 4.78 is 27.7. The molecule has 0 aliphatic heterocycles. The number of anilines is 3. The van der Waals surface area contributed by atoms with E-state index in [9.17, 15) is 9.18 Å². The van der Waals surface area contributed by atoms with Crippen molar-refractivity contribution in [1.29, 1.82) is 0 Å². The van der Waals surface area contributed by atoms with Crippen LogP contribution in [-0.4, -0.2) is 32.9 Å². The van der Waals surface area contributed by atoms with Gasteiger partial charge in [-0.3, -0.25) is 5.32 Å². The van der Waals surface area contributed by atoms with Crippen LogP contribution in [0.25, 0.3) is 5.69 Å². The summed E-state index contributed by atoms with van der Waals surface area (Å²) in [7, 11) is 1.59. The van der Waals surface area contributed by atoms with E-state index in [0.29, 0.717) is 23.3 Å². The normalized spacial score (nSPS) is 13.2. The number of aromatic nitrogens is 4. The molecule has 11 heteroatoms. The minimum Gasteiger partial charge on any atom is -0.497 e. The molecule has 39 heavy (non-hydrogen) atoms. The van der Waals surface area contributed by atoms with Crippen LogP contribution in [0.5, 0.6) is 17.4 Å². The number of carbonyl (C=O) groups excluding carboxylic acids is 1. The van der Waals surface area contributed by atoms with E-state index in [2.05, 4.69) is 25.7 Å². The van der Waals surface area contributed by atoms with E-state index in [1.807, 2.05) is 32.9 Å². The zero-order chi connectivity index (χ0) is 27.7. The highest BCUT2D eigenvalue weighted by atomic mass is 19.1. The molecule has 0 unspecified atom stereocenters. The van der Waals surface area contributed by atoms with Gasteiger partial charge in [0.25, 0.3) is 0 Å². The predicted octanol–water partition coefficient (Wildman–Crippen LogP) is 6.00. The van der Waals surface area contributed by atoms with E-state index in [1.165, 1.54) is 18.5 Å². The first kappa shape index (κ1) is 26.0. The van der Waals surface area contributed by atoms with Crippen LogP contribution in [0.3, 0.4) is 0 Å². The van der Waals surface area contributed by atoms with Crippen LogP contribution in [0.1, 0.15) is 50.8 Å². The third-order valence-electron chi connectivity index (χ3n) is 6.30. The van der Waals surface area contributed by atoms with Gasteiger partial charge in [0.2, 0.25) is 5.88 Å². The fraction of sp³-hybridized carbons (Fsp3) is 0.286. The number of halogens is 1. The van der Waals surface area contributed by atoms with Gasteiger partial charge in [0, 0.05) is 17.5 Å². The third kappa shape index (κ3) is 5.77. The first-order valence-corrected chi connectivity index (χ1v) is 12.5. The Morgan fingerprint density at radius 1 is 1.05 bits per heavy atom. The summed E-state index contributed by atoms with van der Waals surface area (Å²) in [5.41, 5.74) is 7.96. The maximum atomic E-state index is 15.0. The number of nitrogens with zero attached hydrogens (tertiary/aromatic N) is 4. The van der Waals surface area contributed by atoms with Crippen LogP contribution >= 0.6 is 0 Å². The van der Waals surface area contributed by atoms with Crippen molar-refractivity contribution >= 4 is 23.4 Å². The lowest BCUT2D eigenvalue weighted by molar-refractivity contribution is 0.262. The maximum Gasteiger partial charge on any atom is 0.324 e. The van der Waals surface area contributed by atoms with Crippen molar-refractivity contribution in [3.8, 4) is 23.1 Å². The summed E-state index contributed by atoms with van der Waals surface area (Å²) in [5, 5.41) is 10.0. The molecule has 1 aliphatic rings. The fourth-order valence-electron chi connectivity index (χ4n) is 4.03. The maximum absolute atomic E-state index is 15.0. The Balaban J connectivity index is 1.33. The molecule has 1 aliphatic carbocycles. The molecule has 4 N–H and O–H groups in total. The minimum absolute atomic E-state index is 0.0176. The average molecular weight is 532 g/mol. The highest BCUT2D eigenvalue weighted by Gasteiger charge is 2.31. The molecule has 10 nitrogen and oxygen atoms in total. The van der Waals surface area contributed by atoms with Crippen molar-refractivity contribution in [2.45, 2.75) is 44.9 Å². The molecule has 2 aromatic heterocycles. The van der Waals surface area contributed by atoms with Gasteiger partial charge in [0.1, 0.15) is 35.3 Å². The first-order valence-electron chi connectivity index (χ1n) is 12.5. The molecule has 0 saturated heterocycles. The van der Waals surface area contributed by atoms with Crippen LogP contribution in [-0.2, 0) is 5.41 Å². The first-order chi connectivity index (χ1) is 18.6.